The van der Waals surface area contributed by atoms with Gasteiger partial charge in [-0.2, -0.15) is 16.7 Å². The van der Waals surface area contributed by atoms with Crippen LogP contribution in [0.25, 0.3) is 11.3 Å². The molecule has 19 heavy (non-hydrogen) atoms. The van der Waals surface area contributed by atoms with Gasteiger partial charge in [0, 0.05) is 36.2 Å². The van der Waals surface area contributed by atoms with Crippen LogP contribution in [-0.2, 0) is 0 Å². The molecule has 2 aromatic rings. The number of hydrogen-bond acceptors (Lipinski definition) is 5. The van der Waals surface area contributed by atoms with Gasteiger partial charge in [-0.05, 0) is 0 Å². The van der Waals surface area contributed by atoms with E-state index < -0.39 is 0 Å². The highest BCUT2D eigenvalue weighted by molar-refractivity contribution is 7.99. The molecule has 2 N–H and O–H groups in total. The predicted molar refractivity (Wildman–Crippen MR) is 81.4 cm³/mol. The second-order valence-electron chi connectivity index (χ2n) is 4.44. The van der Waals surface area contributed by atoms with Crippen molar-refractivity contribution in [1.29, 1.82) is 0 Å². The number of rotatable bonds is 2. The zero-order valence-electron chi connectivity index (χ0n) is 10.6. The van der Waals surface area contributed by atoms with Crippen LogP contribution < -0.4 is 10.6 Å². The predicted octanol–water partition coefficient (Wildman–Crippen LogP) is 2.28. The van der Waals surface area contributed by atoms with Crippen molar-refractivity contribution >= 4 is 23.5 Å². The van der Waals surface area contributed by atoms with E-state index >= 15 is 0 Å². The van der Waals surface area contributed by atoms with Crippen LogP contribution in [0.4, 0.5) is 11.8 Å². The summed E-state index contributed by atoms with van der Waals surface area (Å²) in [5.41, 5.74) is 7.81. The molecule has 98 valence electrons. The number of aromatic nitrogens is 2. The molecular weight excluding hydrogens is 256 g/mol. The van der Waals surface area contributed by atoms with E-state index in [1.54, 1.807) is 0 Å². The van der Waals surface area contributed by atoms with Crippen LogP contribution in [0.2, 0.25) is 0 Å². The molecule has 0 atom stereocenters. The normalized spacial score (nSPS) is 15.5. The van der Waals surface area contributed by atoms with E-state index in [2.05, 4.69) is 14.9 Å². The zero-order valence-corrected chi connectivity index (χ0v) is 11.4. The summed E-state index contributed by atoms with van der Waals surface area (Å²) in [6.07, 6.45) is 0. The lowest BCUT2D eigenvalue weighted by molar-refractivity contribution is 0.837. The van der Waals surface area contributed by atoms with Gasteiger partial charge in [0.15, 0.2) is 0 Å². The van der Waals surface area contributed by atoms with Crippen molar-refractivity contribution in [3.8, 4) is 11.3 Å². The van der Waals surface area contributed by atoms with E-state index in [1.807, 2.05) is 48.2 Å². The van der Waals surface area contributed by atoms with Gasteiger partial charge >= 0.3 is 0 Å². The zero-order chi connectivity index (χ0) is 13.1. The van der Waals surface area contributed by atoms with Gasteiger partial charge in [0.25, 0.3) is 0 Å². The third-order valence-corrected chi connectivity index (χ3v) is 4.08. The summed E-state index contributed by atoms with van der Waals surface area (Å²) >= 11 is 1.98. The quantitative estimate of drug-likeness (QED) is 0.909. The highest BCUT2D eigenvalue weighted by Crippen LogP contribution is 2.24. The average molecular weight is 272 g/mol. The van der Waals surface area contributed by atoms with Crippen LogP contribution >= 0.6 is 11.8 Å². The molecule has 0 saturated carbocycles. The summed E-state index contributed by atoms with van der Waals surface area (Å²) < 4.78 is 0. The van der Waals surface area contributed by atoms with Gasteiger partial charge in [-0.3, -0.25) is 0 Å². The van der Waals surface area contributed by atoms with Gasteiger partial charge in [-0.25, -0.2) is 4.98 Å². The van der Waals surface area contributed by atoms with Crippen molar-refractivity contribution in [3.63, 3.8) is 0 Å². The summed E-state index contributed by atoms with van der Waals surface area (Å²) in [4.78, 5) is 11.0. The van der Waals surface area contributed by atoms with Crippen LogP contribution in [0.15, 0.2) is 36.4 Å². The molecule has 4 nitrogen and oxygen atoms in total. The second kappa shape index (κ2) is 5.48. The van der Waals surface area contributed by atoms with E-state index in [1.165, 1.54) is 0 Å². The molecule has 0 aliphatic carbocycles. The lowest BCUT2D eigenvalue weighted by Crippen LogP contribution is -2.33. The van der Waals surface area contributed by atoms with Gasteiger partial charge in [-0.1, -0.05) is 30.3 Å². The van der Waals surface area contributed by atoms with E-state index in [9.17, 15) is 0 Å². The average Bonchev–Trinajstić information content (AvgIpc) is 2.48. The van der Waals surface area contributed by atoms with Gasteiger partial charge in [0.05, 0.1) is 5.69 Å². The van der Waals surface area contributed by atoms with Crippen LogP contribution in [-0.4, -0.2) is 34.6 Å². The number of thioether (sulfide) groups is 1. The second-order valence-corrected chi connectivity index (χ2v) is 5.66. The molecule has 0 unspecified atom stereocenters. The topological polar surface area (TPSA) is 55.0 Å². The maximum Gasteiger partial charge on any atom is 0.222 e. The monoisotopic (exact) mass is 272 g/mol. The lowest BCUT2D eigenvalue weighted by Gasteiger charge is -2.27. The summed E-state index contributed by atoms with van der Waals surface area (Å²) in [7, 11) is 0. The van der Waals surface area contributed by atoms with E-state index in [0.717, 1.165) is 41.7 Å². The van der Waals surface area contributed by atoms with Crippen LogP contribution in [0, 0.1) is 0 Å². The molecule has 0 spiro atoms. The highest BCUT2D eigenvalue weighted by atomic mass is 32.2. The van der Waals surface area contributed by atoms with Gasteiger partial charge in [-0.15, -0.1) is 0 Å². The minimum atomic E-state index is 0.342. The van der Waals surface area contributed by atoms with Crippen molar-refractivity contribution < 1.29 is 0 Å². The number of hydrogen-bond donors (Lipinski definition) is 1. The first-order valence-electron chi connectivity index (χ1n) is 6.35. The molecule has 2 heterocycles. The smallest absolute Gasteiger partial charge is 0.222 e. The Hall–Kier alpha value is -1.75. The molecule has 0 bridgehead atoms. The molecule has 5 heteroatoms. The Labute approximate surface area is 117 Å². The fraction of sp³-hybridized carbons (Fsp3) is 0.286. The lowest BCUT2D eigenvalue weighted by atomic mass is 10.1. The highest BCUT2D eigenvalue weighted by Gasteiger charge is 2.14. The SMILES string of the molecule is Nc1nc(-c2ccccc2)cc(N2CCSCC2)n1. The Kier molecular flexibility index (Phi) is 3.55. The Morgan fingerprint density at radius 3 is 2.53 bits per heavy atom. The van der Waals surface area contributed by atoms with E-state index in [4.69, 9.17) is 5.73 Å². The summed E-state index contributed by atoms with van der Waals surface area (Å²) in [6, 6.07) is 12.1. The molecule has 1 aromatic carbocycles. The Morgan fingerprint density at radius 2 is 1.79 bits per heavy atom. The minimum absolute atomic E-state index is 0.342. The number of nitrogen functional groups attached to an aromatic ring is 1. The largest absolute Gasteiger partial charge is 0.368 e. The number of benzene rings is 1. The van der Waals surface area contributed by atoms with Crippen molar-refractivity contribution in [2.75, 3.05) is 35.2 Å². The third kappa shape index (κ3) is 2.81. The molecule has 0 amide bonds. The van der Waals surface area contributed by atoms with Crippen LogP contribution in [0.1, 0.15) is 0 Å². The molecule has 1 aliphatic heterocycles. The molecular formula is C14H16N4S. The molecule has 0 radical (unpaired) electrons. The first-order chi connectivity index (χ1) is 9.33. The van der Waals surface area contributed by atoms with Gasteiger partial charge in [0.1, 0.15) is 5.82 Å². The van der Waals surface area contributed by atoms with Crippen LogP contribution in [0.3, 0.4) is 0 Å². The maximum absolute atomic E-state index is 5.85. The van der Waals surface area contributed by atoms with Crippen molar-refractivity contribution in [2.24, 2.45) is 0 Å². The Bertz CT molecular complexity index is 553. The van der Waals surface area contributed by atoms with Crippen molar-refractivity contribution in [2.45, 2.75) is 0 Å². The number of nitrogens with two attached hydrogens (primary N) is 1. The van der Waals surface area contributed by atoms with E-state index in [0.29, 0.717) is 5.95 Å². The fourth-order valence-corrected chi connectivity index (χ4v) is 3.07. The molecule has 1 aromatic heterocycles. The first kappa shape index (κ1) is 12.3. The van der Waals surface area contributed by atoms with Crippen molar-refractivity contribution in [3.05, 3.63) is 36.4 Å². The molecule has 1 aliphatic rings. The minimum Gasteiger partial charge on any atom is -0.368 e. The standard InChI is InChI=1S/C14H16N4S/c15-14-16-12(11-4-2-1-3-5-11)10-13(17-14)18-6-8-19-9-7-18/h1-5,10H,6-9H2,(H2,15,16,17). The Morgan fingerprint density at radius 1 is 1.05 bits per heavy atom. The van der Waals surface area contributed by atoms with Crippen molar-refractivity contribution in [1.82, 2.24) is 9.97 Å². The van der Waals surface area contributed by atoms with Crippen LogP contribution in [0.5, 0.6) is 0 Å². The Balaban J connectivity index is 1.96. The third-order valence-electron chi connectivity index (χ3n) is 3.13. The van der Waals surface area contributed by atoms with Gasteiger partial charge < -0.3 is 10.6 Å². The fourth-order valence-electron chi connectivity index (χ4n) is 2.16. The summed E-state index contributed by atoms with van der Waals surface area (Å²) in [5.74, 6) is 3.57. The summed E-state index contributed by atoms with van der Waals surface area (Å²) in [5, 5.41) is 0. The number of nitrogens with zero attached hydrogens (tertiary/aromatic N) is 3. The number of anilines is 2. The summed E-state index contributed by atoms with van der Waals surface area (Å²) in [6.45, 7) is 2.05. The molecule has 1 fully saturated rings. The maximum atomic E-state index is 5.85. The molecule has 3 rings (SSSR count). The first-order valence-corrected chi connectivity index (χ1v) is 7.51. The van der Waals surface area contributed by atoms with E-state index in [-0.39, 0.29) is 0 Å². The van der Waals surface area contributed by atoms with Gasteiger partial charge in [0.2, 0.25) is 5.95 Å². The molecule has 1 saturated heterocycles.